The first kappa shape index (κ1) is 21.2. The Bertz CT molecular complexity index is 934. The summed E-state index contributed by atoms with van der Waals surface area (Å²) in [5, 5.41) is 16.0. The van der Waals surface area contributed by atoms with Crippen molar-refractivity contribution in [2.75, 3.05) is 31.1 Å². The monoisotopic (exact) mass is 423 g/mol. The molecule has 0 spiro atoms. The smallest absolute Gasteiger partial charge is 0.246 e. The minimum Gasteiger partial charge on any atom is -0.491 e. The quantitative estimate of drug-likeness (QED) is 0.228. The number of aromatic nitrogens is 2. The van der Waals surface area contributed by atoms with Crippen LogP contribution in [0.1, 0.15) is 49.4 Å². The van der Waals surface area contributed by atoms with Crippen LogP contribution < -0.4 is 21.0 Å². The van der Waals surface area contributed by atoms with Gasteiger partial charge in [0.15, 0.2) is 0 Å². The van der Waals surface area contributed by atoms with Crippen molar-refractivity contribution in [3.05, 3.63) is 47.3 Å². The lowest BCUT2D eigenvalue weighted by Gasteiger charge is -2.37. The number of ether oxygens (including phenoxy) is 1. The molecule has 1 saturated carbocycles. The summed E-state index contributed by atoms with van der Waals surface area (Å²) in [5.74, 6) is 7.40. The Labute approximate surface area is 182 Å². The predicted molar refractivity (Wildman–Crippen MR) is 119 cm³/mol. The van der Waals surface area contributed by atoms with Gasteiger partial charge >= 0.3 is 0 Å². The number of nitrogens with two attached hydrogens (primary N) is 2. The van der Waals surface area contributed by atoms with E-state index in [4.69, 9.17) is 16.1 Å². The van der Waals surface area contributed by atoms with E-state index in [0.717, 1.165) is 68.3 Å². The second-order valence-electron chi connectivity index (χ2n) is 8.41. The standard InChI is InChI=1S/C22H30N8O/c1-15(2)31-18-12-19(16-5-6-16)21(22(26-23)27-24)20(13-18)30-10-8-29(9-11-30)14-17-4-3-7-25-28-17/h3-4,7,12-13,15-16,23H,5-6,8-11,14,24H2,1-2H3/p+1/b26-23?,27-22-. The van der Waals surface area contributed by atoms with Crippen molar-refractivity contribution in [1.29, 1.82) is 0 Å². The third-order valence-electron chi connectivity index (χ3n) is 5.70. The SMILES string of the molecule is CC(C)Oc1cc(C2CC2)c(/C(N=[NH2+])=N/N)c(N2CCN(Cc3cccnn3)CC2)c1. The van der Waals surface area contributed by atoms with Crippen LogP contribution >= 0.6 is 0 Å². The van der Waals surface area contributed by atoms with Gasteiger partial charge in [0.05, 0.1) is 23.0 Å². The summed E-state index contributed by atoms with van der Waals surface area (Å²) in [5.41, 5.74) is 9.81. The van der Waals surface area contributed by atoms with Crippen LogP contribution in [0.4, 0.5) is 5.69 Å². The van der Waals surface area contributed by atoms with Gasteiger partial charge in [0.1, 0.15) is 5.75 Å². The largest absolute Gasteiger partial charge is 0.491 e. The maximum absolute atomic E-state index is 6.08. The molecule has 1 aliphatic heterocycles. The highest BCUT2D eigenvalue weighted by Crippen LogP contribution is 2.46. The van der Waals surface area contributed by atoms with Gasteiger partial charge < -0.3 is 15.5 Å². The molecule has 1 aromatic carbocycles. The molecule has 4 rings (SSSR count). The zero-order valence-corrected chi connectivity index (χ0v) is 18.2. The molecule has 1 saturated heterocycles. The van der Waals surface area contributed by atoms with Crippen molar-refractivity contribution in [2.24, 2.45) is 16.1 Å². The number of benzene rings is 1. The summed E-state index contributed by atoms with van der Waals surface area (Å²) in [6.07, 6.45) is 4.08. The van der Waals surface area contributed by atoms with E-state index in [-0.39, 0.29) is 6.10 Å². The highest BCUT2D eigenvalue weighted by molar-refractivity contribution is 6.05. The maximum atomic E-state index is 6.08. The summed E-state index contributed by atoms with van der Waals surface area (Å²) in [6, 6.07) is 8.13. The summed E-state index contributed by atoms with van der Waals surface area (Å²) in [4.78, 5) is 4.75. The lowest BCUT2D eigenvalue weighted by molar-refractivity contribution is -0.206. The molecule has 9 heteroatoms. The molecule has 1 aromatic heterocycles. The molecule has 2 heterocycles. The van der Waals surface area contributed by atoms with E-state index in [2.05, 4.69) is 42.3 Å². The fourth-order valence-electron chi connectivity index (χ4n) is 4.13. The van der Waals surface area contributed by atoms with E-state index in [1.54, 1.807) is 6.20 Å². The molecule has 2 fully saturated rings. The number of hydrazone groups is 1. The molecular formula is C22H31N8O+. The number of rotatable bonds is 7. The number of amidine groups is 1. The van der Waals surface area contributed by atoms with Gasteiger partial charge in [0.25, 0.3) is 0 Å². The highest BCUT2D eigenvalue weighted by Gasteiger charge is 2.33. The van der Waals surface area contributed by atoms with Crippen LogP contribution in [-0.4, -0.2) is 53.2 Å². The molecule has 0 radical (unpaired) electrons. The zero-order valence-electron chi connectivity index (χ0n) is 18.2. The highest BCUT2D eigenvalue weighted by atomic mass is 16.5. The summed E-state index contributed by atoms with van der Waals surface area (Å²) in [7, 11) is 0. The fraction of sp³-hybridized carbons (Fsp3) is 0.500. The molecule has 2 aliphatic rings. The van der Waals surface area contributed by atoms with Crippen LogP contribution in [0.2, 0.25) is 0 Å². The molecule has 0 bridgehead atoms. The fourth-order valence-corrected chi connectivity index (χ4v) is 4.13. The third kappa shape index (κ3) is 4.99. The minimum absolute atomic E-state index is 0.0939. The molecule has 0 unspecified atom stereocenters. The van der Waals surface area contributed by atoms with Gasteiger partial charge in [-0.25, -0.2) is 0 Å². The number of piperazine rings is 1. The Morgan fingerprint density at radius 1 is 1.26 bits per heavy atom. The van der Waals surface area contributed by atoms with Gasteiger partial charge in [-0.05, 0) is 56.4 Å². The molecule has 31 heavy (non-hydrogen) atoms. The van der Waals surface area contributed by atoms with E-state index in [9.17, 15) is 0 Å². The molecule has 1 aliphatic carbocycles. The average molecular weight is 424 g/mol. The maximum Gasteiger partial charge on any atom is 0.246 e. The second kappa shape index (κ2) is 9.38. The summed E-state index contributed by atoms with van der Waals surface area (Å²) >= 11 is 0. The topological polar surface area (TPSA) is 118 Å². The molecule has 164 valence electrons. The Hall–Kier alpha value is -3.07. The van der Waals surface area contributed by atoms with Gasteiger partial charge in [0, 0.05) is 50.1 Å². The average Bonchev–Trinajstić information content (AvgIpc) is 3.61. The predicted octanol–water partition coefficient (Wildman–Crippen LogP) is 1.30. The molecule has 0 amide bonds. The normalized spacial score (nSPS) is 17.8. The van der Waals surface area contributed by atoms with E-state index < -0.39 is 0 Å². The Kier molecular flexibility index (Phi) is 6.41. The second-order valence-corrected chi connectivity index (χ2v) is 8.41. The van der Waals surface area contributed by atoms with Crippen LogP contribution in [0.5, 0.6) is 5.75 Å². The first-order valence-corrected chi connectivity index (χ1v) is 10.9. The van der Waals surface area contributed by atoms with Crippen LogP contribution in [0.3, 0.4) is 0 Å². The number of hydrogen-bond donors (Lipinski definition) is 2. The molecular weight excluding hydrogens is 392 g/mol. The zero-order chi connectivity index (χ0) is 21.8. The molecule has 0 atom stereocenters. The van der Waals surface area contributed by atoms with Crippen molar-refractivity contribution in [3.8, 4) is 5.75 Å². The van der Waals surface area contributed by atoms with Crippen LogP contribution in [0, 0.1) is 0 Å². The first-order chi connectivity index (χ1) is 15.1. The molecule has 4 N–H and O–H groups in total. The van der Waals surface area contributed by atoms with E-state index >= 15 is 0 Å². The van der Waals surface area contributed by atoms with E-state index in [0.29, 0.717) is 11.8 Å². The van der Waals surface area contributed by atoms with Crippen molar-refractivity contribution in [2.45, 2.75) is 45.3 Å². The molecule has 2 aromatic rings. The van der Waals surface area contributed by atoms with Crippen molar-refractivity contribution < 1.29 is 10.3 Å². The van der Waals surface area contributed by atoms with Gasteiger partial charge in [0.2, 0.25) is 5.84 Å². The lowest BCUT2D eigenvalue weighted by atomic mass is 9.98. The van der Waals surface area contributed by atoms with Crippen molar-refractivity contribution in [1.82, 2.24) is 15.1 Å². The summed E-state index contributed by atoms with van der Waals surface area (Å²) in [6.45, 7) is 8.44. The Morgan fingerprint density at radius 3 is 2.61 bits per heavy atom. The van der Waals surface area contributed by atoms with Gasteiger partial charge in [-0.15, -0.1) is 0 Å². The first-order valence-electron chi connectivity index (χ1n) is 10.9. The Balaban J connectivity index is 1.61. The lowest BCUT2D eigenvalue weighted by Crippen LogP contribution is -2.46. The number of anilines is 1. The van der Waals surface area contributed by atoms with E-state index in [1.807, 2.05) is 26.0 Å². The van der Waals surface area contributed by atoms with Crippen LogP contribution in [0.15, 0.2) is 40.7 Å². The van der Waals surface area contributed by atoms with Crippen LogP contribution in [-0.2, 0) is 6.54 Å². The number of nitrogens with zero attached hydrogens (tertiary/aromatic N) is 6. The van der Waals surface area contributed by atoms with Gasteiger partial charge in [-0.2, -0.15) is 20.8 Å². The molecule has 9 nitrogen and oxygen atoms in total. The third-order valence-corrected chi connectivity index (χ3v) is 5.70. The van der Waals surface area contributed by atoms with Crippen molar-refractivity contribution >= 4 is 11.5 Å². The van der Waals surface area contributed by atoms with Gasteiger partial charge in [-0.1, -0.05) is 0 Å². The minimum atomic E-state index is 0.0939. The Morgan fingerprint density at radius 2 is 2.03 bits per heavy atom. The van der Waals surface area contributed by atoms with Crippen molar-refractivity contribution in [3.63, 3.8) is 0 Å². The summed E-state index contributed by atoms with van der Waals surface area (Å²) < 4.78 is 6.08. The number of hydrogen-bond acceptors (Lipinski definition) is 7. The van der Waals surface area contributed by atoms with Gasteiger partial charge in [-0.3, -0.25) is 4.90 Å². The van der Waals surface area contributed by atoms with E-state index in [1.165, 1.54) is 5.56 Å². The van der Waals surface area contributed by atoms with Crippen LogP contribution in [0.25, 0.3) is 0 Å².